The van der Waals surface area contributed by atoms with E-state index in [1.54, 1.807) is 13.8 Å². The van der Waals surface area contributed by atoms with E-state index in [4.69, 9.17) is 21.1 Å². The SMILES string of the molecule is COCc1c(Cl)nc(OC)c(C(O)=C2C(=O)CCC(C)(C)C2=O)c1C(F)F. The fourth-order valence-corrected chi connectivity index (χ4v) is 3.22. The minimum atomic E-state index is -3.09. The van der Waals surface area contributed by atoms with Gasteiger partial charge in [0.1, 0.15) is 16.5 Å². The van der Waals surface area contributed by atoms with E-state index in [2.05, 4.69) is 4.98 Å². The van der Waals surface area contributed by atoms with Crippen molar-refractivity contribution in [3.63, 3.8) is 0 Å². The Morgan fingerprint density at radius 3 is 2.48 bits per heavy atom. The van der Waals surface area contributed by atoms with Gasteiger partial charge in [0.05, 0.1) is 19.3 Å². The van der Waals surface area contributed by atoms with Crippen LogP contribution in [0.1, 0.15) is 49.8 Å². The molecule has 0 radical (unpaired) electrons. The molecule has 1 aromatic rings. The maximum Gasteiger partial charge on any atom is 0.265 e. The molecule has 0 aromatic carbocycles. The van der Waals surface area contributed by atoms with Crippen LogP contribution in [0, 0.1) is 5.41 Å². The third-order valence-corrected chi connectivity index (χ3v) is 4.84. The van der Waals surface area contributed by atoms with Gasteiger partial charge in [0.25, 0.3) is 6.43 Å². The van der Waals surface area contributed by atoms with Crippen LogP contribution in [0.15, 0.2) is 5.57 Å². The quantitative estimate of drug-likeness (QED) is 0.345. The van der Waals surface area contributed by atoms with Gasteiger partial charge in [0.15, 0.2) is 11.6 Å². The summed E-state index contributed by atoms with van der Waals surface area (Å²) in [5.74, 6) is -2.54. The molecule has 1 aliphatic rings. The summed E-state index contributed by atoms with van der Waals surface area (Å²) >= 11 is 5.97. The summed E-state index contributed by atoms with van der Waals surface area (Å²) in [6.07, 6.45) is -2.78. The molecule has 1 fully saturated rings. The smallest absolute Gasteiger partial charge is 0.265 e. The average molecular weight is 404 g/mol. The number of ketones is 2. The van der Waals surface area contributed by atoms with Crippen LogP contribution in [-0.4, -0.2) is 35.9 Å². The molecule has 0 saturated heterocycles. The lowest BCUT2D eigenvalue weighted by Crippen LogP contribution is -2.35. The van der Waals surface area contributed by atoms with Gasteiger partial charge in [0.2, 0.25) is 5.88 Å². The Bertz CT molecular complexity index is 820. The highest BCUT2D eigenvalue weighted by Gasteiger charge is 2.42. The van der Waals surface area contributed by atoms with Crippen LogP contribution >= 0.6 is 11.6 Å². The molecule has 1 aliphatic carbocycles. The first-order chi connectivity index (χ1) is 12.6. The lowest BCUT2D eigenvalue weighted by atomic mass is 9.72. The molecule has 1 saturated carbocycles. The minimum Gasteiger partial charge on any atom is -0.506 e. The number of nitrogens with zero attached hydrogens (tertiary/aromatic N) is 1. The van der Waals surface area contributed by atoms with Crippen molar-refractivity contribution in [2.75, 3.05) is 14.2 Å². The maximum atomic E-state index is 13.9. The molecule has 9 heteroatoms. The van der Waals surface area contributed by atoms with Gasteiger partial charge in [-0.25, -0.2) is 13.8 Å². The highest BCUT2D eigenvalue weighted by molar-refractivity contribution is 6.30. The summed E-state index contributed by atoms with van der Waals surface area (Å²) in [5, 5.41) is 10.5. The van der Waals surface area contributed by atoms with Crippen LogP contribution in [0.25, 0.3) is 5.76 Å². The molecule has 0 spiro atoms. The molecular formula is C18H20ClF2NO5. The van der Waals surface area contributed by atoms with Gasteiger partial charge in [-0.3, -0.25) is 9.59 Å². The predicted molar refractivity (Wildman–Crippen MR) is 94.0 cm³/mol. The van der Waals surface area contributed by atoms with E-state index in [1.807, 2.05) is 0 Å². The van der Waals surface area contributed by atoms with Crippen LogP contribution in [-0.2, 0) is 20.9 Å². The molecule has 0 bridgehead atoms. The van der Waals surface area contributed by atoms with Crippen molar-refractivity contribution in [3.8, 4) is 5.88 Å². The molecule has 1 N–H and O–H groups in total. The van der Waals surface area contributed by atoms with Crippen LogP contribution in [0.4, 0.5) is 8.78 Å². The van der Waals surface area contributed by atoms with Gasteiger partial charge in [-0.05, 0) is 6.42 Å². The number of methoxy groups -OCH3 is 2. The first kappa shape index (κ1) is 21.2. The fourth-order valence-electron chi connectivity index (χ4n) is 2.98. The standard InChI is InChI=1S/C18H20ClF2NO5/c1-18(2)6-5-9(23)11(14(18)25)13(24)12-10(16(20)21)8(7-26-3)15(19)22-17(12)27-4/h16,24H,5-7H2,1-4H3. The summed E-state index contributed by atoms with van der Waals surface area (Å²) < 4.78 is 37.7. The van der Waals surface area contributed by atoms with Crippen molar-refractivity contribution in [2.24, 2.45) is 5.41 Å². The van der Waals surface area contributed by atoms with Crippen molar-refractivity contribution in [1.82, 2.24) is 4.98 Å². The number of pyridine rings is 1. The van der Waals surface area contributed by atoms with Crippen LogP contribution in [0.3, 0.4) is 0 Å². The number of allylic oxidation sites excluding steroid dienone is 1. The second-order valence-corrected chi connectivity index (χ2v) is 7.13. The van der Waals surface area contributed by atoms with Crippen LogP contribution < -0.4 is 4.74 Å². The molecule has 0 unspecified atom stereocenters. The number of aliphatic hydroxyl groups excluding tert-OH is 1. The van der Waals surface area contributed by atoms with Gasteiger partial charge in [-0.15, -0.1) is 0 Å². The molecule has 27 heavy (non-hydrogen) atoms. The zero-order valence-corrected chi connectivity index (χ0v) is 16.1. The summed E-state index contributed by atoms with van der Waals surface area (Å²) in [6.45, 7) is 2.94. The van der Waals surface area contributed by atoms with Gasteiger partial charge in [0, 0.05) is 30.1 Å². The van der Waals surface area contributed by atoms with E-state index in [9.17, 15) is 23.5 Å². The molecule has 2 rings (SSSR count). The van der Waals surface area contributed by atoms with Gasteiger partial charge >= 0.3 is 0 Å². The second-order valence-electron chi connectivity index (χ2n) is 6.77. The molecule has 0 aliphatic heterocycles. The van der Waals surface area contributed by atoms with Crippen molar-refractivity contribution in [2.45, 2.75) is 39.7 Å². The van der Waals surface area contributed by atoms with Crippen molar-refractivity contribution in [1.29, 1.82) is 0 Å². The number of carbonyl (C=O) groups is 2. The average Bonchev–Trinajstić information content (AvgIpc) is 2.59. The maximum absolute atomic E-state index is 13.9. The Kier molecular flexibility index (Phi) is 6.21. The Hall–Kier alpha value is -2.06. The normalized spacial score (nSPS) is 18.8. The fraction of sp³-hybridized carbons (Fsp3) is 0.500. The van der Waals surface area contributed by atoms with Gasteiger partial charge in [-0.2, -0.15) is 0 Å². The van der Waals surface area contributed by atoms with Crippen molar-refractivity contribution in [3.05, 3.63) is 27.4 Å². The van der Waals surface area contributed by atoms with Crippen molar-refractivity contribution < 1.29 is 33.0 Å². The molecule has 1 heterocycles. The Morgan fingerprint density at radius 2 is 1.96 bits per heavy atom. The molecule has 0 atom stereocenters. The largest absolute Gasteiger partial charge is 0.506 e. The Morgan fingerprint density at radius 1 is 1.33 bits per heavy atom. The number of carbonyl (C=O) groups excluding carboxylic acids is 2. The summed E-state index contributed by atoms with van der Waals surface area (Å²) in [4.78, 5) is 28.9. The number of hydrogen-bond donors (Lipinski definition) is 1. The summed E-state index contributed by atoms with van der Waals surface area (Å²) in [7, 11) is 2.43. The summed E-state index contributed by atoms with van der Waals surface area (Å²) in [6, 6.07) is 0. The number of ether oxygens (including phenoxy) is 2. The highest BCUT2D eigenvalue weighted by Crippen LogP contribution is 2.42. The predicted octanol–water partition coefficient (Wildman–Crippen LogP) is 4.05. The zero-order chi connectivity index (χ0) is 20.5. The summed E-state index contributed by atoms with van der Waals surface area (Å²) in [5.41, 5.74) is -2.82. The van der Waals surface area contributed by atoms with E-state index in [1.165, 1.54) is 7.11 Å². The second kappa shape index (κ2) is 7.90. The first-order valence-corrected chi connectivity index (χ1v) is 8.49. The van der Waals surface area contributed by atoms with E-state index in [0.29, 0.717) is 6.42 Å². The molecule has 148 valence electrons. The van der Waals surface area contributed by atoms with Gasteiger partial charge in [-0.1, -0.05) is 25.4 Å². The topological polar surface area (TPSA) is 85.7 Å². The first-order valence-electron chi connectivity index (χ1n) is 8.11. The van der Waals surface area contributed by atoms with E-state index >= 15 is 0 Å². The third-order valence-electron chi connectivity index (χ3n) is 4.53. The highest BCUT2D eigenvalue weighted by atomic mass is 35.5. The number of Topliss-reactive ketones (excluding diaryl/α,β-unsaturated/α-hetero) is 2. The molecule has 1 aromatic heterocycles. The minimum absolute atomic E-state index is 0.0103. The lowest BCUT2D eigenvalue weighted by Gasteiger charge is -2.29. The Balaban J connectivity index is 2.88. The lowest BCUT2D eigenvalue weighted by molar-refractivity contribution is -0.130. The van der Waals surface area contributed by atoms with E-state index in [-0.39, 0.29) is 23.7 Å². The number of aromatic nitrogens is 1. The molecule has 6 nitrogen and oxygen atoms in total. The van der Waals surface area contributed by atoms with E-state index < -0.39 is 51.7 Å². The zero-order valence-electron chi connectivity index (χ0n) is 15.4. The monoisotopic (exact) mass is 403 g/mol. The van der Waals surface area contributed by atoms with E-state index in [0.717, 1.165) is 7.11 Å². The Labute approximate surface area is 160 Å². The van der Waals surface area contributed by atoms with Crippen LogP contribution in [0.5, 0.6) is 5.88 Å². The number of alkyl halides is 2. The number of aliphatic hydroxyl groups is 1. The number of halogens is 3. The van der Waals surface area contributed by atoms with Crippen LogP contribution in [0.2, 0.25) is 5.15 Å². The molecular weight excluding hydrogens is 384 g/mol. The van der Waals surface area contributed by atoms with Crippen molar-refractivity contribution >= 4 is 28.9 Å². The molecule has 0 amide bonds. The van der Waals surface area contributed by atoms with Gasteiger partial charge < -0.3 is 14.6 Å². The third kappa shape index (κ3) is 3.82. The number of rotatable bonds is 5. The number of hydrogen-bond acceptors (Lipinski definition) is 6.